The van der Waals surface area contributed by atoms with Crippen molar-refractivity contribution >= 4 is 23.2 Å². The molecule has 5 rings (SSSR count). The number of aliphatic hydroxyl groups is 1. The molecule has 2 aromatic carbocycles. The standard InChI is InChI=1S/C31H35ClFN5O4/c1-20-34-26-10-5-4-7-21(26)11-16-37(20)22-12-14-35(15-13-22)27(39)18-36-17-24(23-8-6-9-25(33)28(23)32)29(40)38(30(36)41)19-31(2,3)42/h4-10,17,22,34,42H,1,11-16,18-19H2,2-3H3. The predicted molar refractivity (Wildman–Crippen MR) is 161 cm³/mol. The highest BCUT2D eigenvalue weighted by Crippen LogP contribution is 2.29. The molecule has 1 fully saturated rings. The summed E-state index contributed by atoms with van der Waals surface area (Å²) in [4.78, 5) is 44.1. The number of carbonyl (C=O) groups is 1. The van der Waals surface area contributed by atoms with Gasteiger partial charge in [0.2, 0.25) is 5.91 Å². The molecular weight excluding hydrogens is 561 g/mol. The molecule has 0 aliphatic carbocycles. The molecule has 0 radical (unpaired) electrons. The van der Waals surface area contributed by atoms with Crippen LogP contribution in [-0.4, -0.2) is 61.2 Å². The Morgan fingerprint density at radius 2 is 1.81 bits per heavy atom. The van der Waals surface area contributed by atoms with Gasteiger partial charge in [-0.1, -0.05) is 48.5 Å². The summed E-state index contributed by atoms with van der Waals surface area (Å²) in [5.74, 6) is -0.153. The Morgan fingerprint density at radius 1 is 1.10 bits per heavy atom. The van der Waals surface area contributed by atoms with Gasteiger partial charge >= 0.3 is 5.69 Å². The lowest BCUT2D eigenvalue weighted by molar-refractivity contribution is -0.133. The molecule has 2 N–H and O–H groups in total. The van der Waals surface area contributed by atoms with E-state index < -0.39 is 22.7 Å². The average Bonchev–Trinajstić information content (AvgIpc) is 3.12. The fraction of sp³-hybridized carbons (Fsp3) is 0.387. The monoisotopic (exact) mass is 595 g/mol. The van der Waals surface area contributed by atoms with Crippen LogP contribution in [0.15, 0.2) is 70.7 Å². The number of hydrogen-bond donors (Lipinski definition) is 2. The maximum atomic E-state index is 14.3. The zero-order chi connectivity index (χ0) is 30.2. The number of para-hydroxylation sites is 1. The zero-order valence-electron chi connectivity index (χ0n) is 23.8. The van der Waals surface area contributed by atoms with Crippen LogP contribution in [0.2, 0.25) is 5.02 Å². The Kier molecular flexibility index (Phi) is 8.30. The van der Waals surface area contributed by atoms with Gasteiger partial charge in [0.15, 0.2) is 0 Å². The van der Waals surface area contributed by atoms with Gasteiger partial charge in [0.25, 0.3) is 5.56 Å². The van der Waals surface area contributed by atoms with E-state index in [1.54, 1.807) is 4.90 Å². The van der Waals surface area contributed by atoms with E-state index in [0.29, 0.717) is 13.1 Å². The normalized spacial score (nSPS) is 16.2. The molecule has 11 heteroatoms. The van der Waals surface area contributed by atoms with Crippen LogP contribution in [0.4, 0.5) is 10.1 Å². The highest BCUT2D eigenvalue weighted by Gasteiger charge is 2.30. The second-order valence-corrected chi connectivity index (χ2v) is 11.9. The lowest BCUT2D eigenvalue weighted by atomic mass is 10.0. The minimum atomic E-state index is -1.40. The number of carbonyl (C=O) groups excluding carboxylic acids is 1. The molecule has 1 saturated heterocycles. The van der Waals surface area contributed by atoms with Gasteiger partial charge in [-0.25, -0.2) is 9.18 Å². The quantitative estimate of drug-likeness (QED) is 0.451. The lowest BCUT2D eigenvalue weighted by Crippen LogP contribution is -2.49. The van der Waals surface area contributed by atoms with Crippen LogP contribution in [0.1, 0.15) is 32.3 Å². The minimum absolute atomic E-state index is 0.0389. The highest BCUT2D eigenvalue weighted by atomic mass is 35.5. The molecule has 0 spiro atoms. The molecule has 0 atom stereocenters. The van der Waals surface area contributed by atoms with Crippen LogP contribution in [0.5, 0.6) is 0 Å². The van der Waals surface area contributed by atoms with E-state index in [1.807, 2.05) is 18.2 Å². The molecule has 1 amide bonds. The first-order valence-corrected chi connectivity index (χ1v) is 14.4. The number of piperidine rings is 1. The molecule has 3 heterocycles. The third kappa shape index (κ3) is 6.15. The number of fused-ring (bicyclic) bond motifs is 1. The van der Waals surface area contributed by atoms with Gasteiger partial charge in [0.1, 0.15) is 12.4 Å². The Morgan fingerprint density at radius 3 is 2.52 bits per heavy atom. The number of likely N-dealkylation sites (tertiary alicyclic amines) is 1. The van der Waals surface area contributed by atoms with Crippen molar-refractivity contribution in [2.45, 2.75) is 57.8 Å². The van der Waals surface area contributed by atoms with Crippen molar-refractivity contribution in [2.24, 2.45) is 0 Å². The third-order valence-electron chi connectivity index (χ3n) is 7.85. The van der Waals surface area contributed by atoms with E-state index in [-0.39, 0.29) is 41.2 Å². The predicted octanol–water partition coefficient (Wildman–Crippen LogP) is 3.67. The number of aromatic nitrogens is 2. The number of amides is 1. The molecule has 0 unspecified atom stereocenters. The van der Waals surface area contributed by atoms with E-state index in [0.717, 1.165) is 46.4 Å². The van der Waals surface area contributed by atoms with E-state index in [1.165, 1.54) is 43.8 Å². The average molecular weight is 596 g/mol. The number of anilines is 1. The van der Waals surface area contributed by atoms with Crippen LogP contribution >= 0.6 is 11.6 Å². The molecule has 0 bridgehead atoms. The Labute approximate surface area is 248 Å². The summed E-state index contributed by atoms with van der Waals surface area (Å²) in [6, 6.07) is 12.4. The van der Waals surface area contributed by atoms with Crippen molar-refractivity contribution in [3.8, 4) is 11.1 Å². The summed E-state index contributed by atoms with van der Waals surface area (Å²) in [6.45, 7) is 8.38. The van der Waals surface area contributed by atoms with Gasteiger partial charge in [0.05, 0.1) is 28.6 Å². The van der Waals surface area contributed by atoms with Crippen molar-refractivity contribution in [2.75, 3.05) is 25.0 Å². The molecule has 2 aliphatic rings. The van der Waals surface area contributed by atoms with Crippen molar-refractivity contribution in [1.29, 1.82) is 0 Å². The number of benzene rings is 2. The van der Waals surface area contributed by atoms with Gasteiger partial charge < -0.3 is 20.2 Å². The van der Waals surface area contributed by atoms with Gasteiger partial charge in [0, 0.05) is 43.1 Å². The lowest BCUT2D eigenvalue weighted by Gasteiger charge is -2.40. The minimum Gasteiger partial charge on any atom is -0.389 e. The van der Waals surface area contributed by atoms with Crippen LogP contribution in [0.3, 0.4) is 0 Å². The zero-order valence-corrected chi connectivity index (χ0v) is 24.5. The fourth-order valence-corrected chi connectivity index (χ4v) is 5.96. The first kappa shape index (κ1) is 29.6. The largest absolute Gasteiger partial charge is 0.389 e. The van der Waals surface area contributed by atoms with E-state index in [9.17, 15) is 23.9 Å². The van der Waals surface area contributed by atoms with Gasteiger partial charge in [-0.15, -0.1) is 0 Å². The van der Waals surface area contributed by atoms with E-state index >= 15 is 0 Å². The summed E-state index contributed by atoms with van der Waals surface area (Å²) in [7, 11) is 0. The van der Waals surface area contributed by atoms with E-state index in [4.69, 9.17) is 11.6 Å². The van der Waals surface area contributed by atoms with E-state index in [2.05, 4.69) is 22.9 Å². The van der Waals surface area contributed by atoms with Crippen molar-refractivity contribution in [3.05, 3.63) is 98.3 Å². The Bertz CT molecular complexity index is 1640. The third-order valence-corrected chi connectivity index (χ3v) is 8.24. The first-order valence-electron chi connectivity index (χ1n) is 14.0. The summed E-state index contributed by atoms with van der Waals surface area (Å²) < 4.78 is 16.3. The number of nitrogens with zero attached hydrogens (tertiary/aromatic N) is 4. The van der Waals surface area contributed by atoms with Crippen molar-refractivity contribution < 1.29 is 14.3 Å². The summed E-state index contributed by atoms with van der Waals surface area (Å²) in [5, 5.41) is 13.6. The van der Waals surface area contributed by atoms with Gasteiger partial charge in [-0.2, -0.15) is 0 Å². The summed E-state index contributed by atoms with van der Waals surface area (Å²) in [6.07, 6.45) is 3.61. The molecule has 2 aliphatic heterocycles. The topological polar surface area (TPSA) is 99.8 Å². The van der Waals surface area contributed by atoms with Crippen LogP contribution in [-0.2, 0) is 24.3 Å². The molecule has 0 saturated carbocycles. The SMILES string of the molecule is C=C1Nc2ccccc2CCN1C1CCN(C(=O)Cn2cc(-c3cccc(F)c3Cl)c(=O)n(CC(C)(C)O)c2=O)CC1. The van der Waals surface area contributed by atoms with Crippen LogP contribution in [0, 0.1) is 5.82 Å². The van der Waals surface area contributed by atoms with Crippen molar-refractivity contribution in [1.82, 2.24) is 18.9 Å². The number of halogens is 2. The first-order chi connectivity index (χ1) is 19.9. The summed E-state index contributed by atoms with van der Waals surface area (Å²) >= 11 is 6.18. The molecule has 3 aromatic rings. The Hall–Kier alpha value is -3.89. The number of rotatable bonds is 6. The maximum Gasteiger partial charge on any atom is 0.331 e. The van der Waals surface area contributed by atoms with Crippen molar-refractivity contribution in [3.63, 3.8) is 0 Å². The molecule has 9 nitrogen and oxygen atoms in total. The maximum absolute atomic E-state index is 14.3. The molecule has 222 valence electrons. The summed E-state index contributed by atoms with van der Waals surface area (Å²) in [5.41, 5.74) is -0.507. The molecular formula is C31H35ClFN5O4. The van der Waals surface area contributed by atoms with Gasteiger partial charge in [-0.05, 0) is 50.8 Å². The van der Waals surface area contributed by atoms with Crippen LogP contribution in [0.25, 0.3) is 11.1 Å². The second-order valence-electron chi connectivity index (χ2n) is 11.5. The van der Waals surface area contributed by atoms with Gasteiger partial charge in [-0.3, -0.25) is 18.7 Å². The molecule has 1 aromatic heterocycles. The smallest absolute Gasteiger partial charge is 0.331 e. The fourth-order valence-electron chi connectivity index (χ4n) is 5.73. The van der Waals surface area contributed by atoms with Crippen LogP contribution < -0.4 is 16.6 Å². The molecule has 42 heavy (non-hydrogen) atoms. The number of nitrogens with one attached hydrogen (secondary N) is 1. The highest BCUT2D eigenvalue weighted by molar-refractivity contribution is 6.33. The second kappa shape index (κ2) is 11.8. The Balaban J connectivity index is 1.34. The number of hydrogen-bond acceptors (Lipinski definition) is 6.